The Morgan fingerprint density at radius 1 is 1.00 bits per heavy atom. The fraction of sp³-hybridized carbons (Fsp3) is 0.625. The molecule has 18 heavy (non-hydrogen) atoms. The number of benzene rings is 1. The van der Waals surface area contributed by atoms with Gasteiger partial charge in [0.2, 0.25) is 0 Å². The summed E-state index contributed by atoms with van der Waals surface area (Å²) in [5.41, 5.74) is 2.89. The predicted octanol–water partition coefficient (Wildman–Crippen LogP) is 2.97. The van der Waals surface area contributed by atoms with E-state index in [1.807, 2.05) is 0 Å². The van der Waals surface area contributed by atoms with E-state index < -0.39 is 0 Å². The monoisotopic (exact) mass is 244 g/mol. The van der Waals surface area contributed by atoms with Crippen LogP contribution in [0.2, 0.25) is 0 Å². The van der Waals surface area contributed by atoms with Crippen molar-refractivity contribution in [2.24, 2.45) is 0 Å². The Bertz CT molecular complexity index is 359. The highest BCUT2D eigenvalue weighted by molar-refractivity contribution is 5.48. The molecular formula is C16H24N2. The van der Waals surface area contributed by atoms with Crippen LogP contribution < -0.4 is 10.2 Å². The van der Waals surface area contributed by atoms with Crippen molar-refractivity contribution in [3.05, 3.63) is 29.8 Å². The molecule has 2 saturated heterocycles. The molecule has 3 rings (SSSR count). The minimum absolute atomic E-state index is 0.705. The average molecular weight is 244 g/mol. The van der Waals surface area contributed by atoms with Crippen LogP contribution >= 0.6 is 0 Å². The van der Waals surface area contributed by atoms with Gasteiger partial charge in [-0.2, -0.15) is 0 Å². The fourth-order valence-corrected chi connectivity index (χ4v) is 3.20. The van der Waals surface area contributed by atoms with Crippen LogP contribution in [0.15, 0.2) is 24.3 Å². The largest absolute Gasteiger partial charge is 0.372 e. The van der Waals surface area contributed by atoms with E-state index in [0.717, 1.165) is 0 Å². The highest BCUT2D eigenvalue weighted by atomic mass is 15.1. The topological polar surface area (TPSA) is 15.3 Å². The molecule has 2 heterocycles. The molecule has 1 aromatic rings. The molecule has 0 saturated carbocycles. The normalized spacial score (nSPS) is 24.4. The van der Waals surface area contributed by atoms with Crippen molar-refractivity contribution in [1.82, 2.24) is 5.32 Å². The highest BCUT2D eigenvalue weighted by Gasteiger charge is 2.14. The summed E-state index contributed by atoms with van der Waals surface area (Å²) in [6.45, 7) is 3.68. The molecule has 2 nitrogen and oxygen atoms in total. The maximum Gasteiger partial charge on any atom is 0.0366 e. The van der Waals surface area contributed by atoms with Gasteiger partial charge in [-0.3, -0.25) is 0 Å². The van der Waals surface area contributed by atoms with Crippen LogP contribution in [0.25, 0.3) is 0 Å². The molecule has 0 radical (unpaired) electrons. The maximum atomic E-state index is 3.63. The van der Waals surface area contributed by atoms with E-state index in [1.54, 1.807) is 0 Å². The second-order valence-electron chi connectivity index (χ2n) is 5.71. The van der Waals surface area contributed by atoms with Gasteiger partial charge in [0.05, 0.1) is 0 Å². The standard InChI is InChI=1S/C16H24N2/c1-2-10-17-15(5-1)13-14-6-8-16(9-7-14)18-11-3-4-12-18/h6-9,15,17H,1-5,10-13H2. The number of rotatable bonds is 3. The Labute approximate surface area is 110 Å². The Kier molecular flexibility index (Phi) is 3.84. The van der Waals surface area contributed by atoms with E-state index in [1.165, 1.54) is 69.4 Å². The van der Waals surface area contributed by atoms with Crippen LogP contribution in [-0.2, 0) is 6.42 Å². The summed E-state index contributed by atoms with van der Waals surface area (Å²) in [5, 5.41) is 3.63. The van der Waals surface area contributed by atoms with Crippen LogP contribution in [0.3, 0.4) is 0 Å². The molecule has 1 unspecified atom stereocenters. The zero-order valence-corrected chi connectivity index (χ0v) is 11.2. The van der Waals surface area contributed by atoms with E-state index >= 15 is 0 Å². The number of piperidine rings is 1. The fourth-order valence-electron chi connectivity index (χ4n) is 3.20. The molecular weight excluding hydrogens is 220 g/mol. The van der Waals surface area contributed by atoms with Crippen molar-refractivity contribution in [3.63, 3.8) is 0 Å². The van der Waals surface area contributed by atoms with Gasteiger partial charge in [0.1, 0.15) is 0 Å². The molecule has 98 valence electrons. The van der Waals surface area contributed by atoms with Gasteiger partial charge in [0, 0.05) is 24.8 Å². The molecule has 1 aromatic carbocycles. The Morgan fingerprint density at radius 3 is 2.44 bits per heavy atom. The van der Waals surface area contributed by atoms with Gasteiger partial charge in [-0.15, -0.1) is 0 Å². The molecule has 0 spiro atoms. The van der Waals surface area contributed by atoms with Crippen molar-refractivity contribution in [2.45, 2.75) is 44.6 Å². The summed E-state index contributed by atoms with van der Waals surface area (Å²) in [6, 6.07) is 9.97. The van der Waals surface area contributed by atoms with Crippen LogP contribution in [-0.4, -0.2) is 25.7 Å². The van der Waals surface area contributed by atoms with Crippen molar-refractivity contribution in [3.8, 4) is 0 Å². The molecule has 1 atom stereocenters. The first-order chi connectivity index (χ1) is 8.92. The average Bonchev–Trinajstić information content (AvgIpc) is 2.95. The smallest absolute Gasteiger partial charge is 0.0366 e. The third-order valence-electron chi connectivity index (χ3n) is 4.30. The summed E-state index contributed by atoms with van der Waals surface area (Å²) in [5.74, 6) is 0. The quantitative estimate of drug-likeness (QED) is 0.879. The Balaban J connectivity index is 1.59. The zero-order chi connectivity index (χ0) is 12.2. The second-order valence-corrected chi connectivity index (χ2v) is 5.71. The van der Waals surface area contributed by atoms with Crippen molar-refractivity contribution in [2.75, 3.05) is 24.5 Å². The van der Waals surface area contributed by atoms with Gasteiger partial charge >= 0.3 is 0 Å². The molecule has 0 bridgehead atoms. The van der Waals surface area contributed by atoms with E-state index in [0.29, 0.717) is 6.04 Å². The second kappa shape index (κ2) is 5.75. The van der Waals surface area contributed by atoms with Crippen LogP contribution in [0.5, 0.6) is 0 Å². The van der Waals surface area contributed by atoms with Crippen LogP contribution in [0, 0.1) is 0 Å². The summed E-state index contributed by atoms with van der Waals surface area (Å²) in [6.07, 6.45) is 7.99. The highest BCUT2D eigenvalue weighted by Crippen LogP contribution is 2.21. The SMILES string of the molecule is c1cc(N2CCCC2)ccc1CC1CCCCN1. The van der Waals surface area contributed by atoms with Crippen LogP contribution in [0.4, 0.5) is 5.69 Å². The predicted molar refractivity (Wildman–Crippen MR) is 77.2 cm³/mol. The van der Waals surface area contributed by atoms with E-state index in [4.69, 9.17) is 0 Å². The van der Waals surface area contributed by atoms with E-state index in [-0.39, 0.29) is 0 Å². The van der Waals surface area contributed by atoms with Gasteiger partial charge in [-0.05, 0) is 56.3 Å². The molecule has 2 aliphatic heterocycles. The first-order valence-corrected chi connectivity index (χ1v) is 7.49. The first-order valence-electron chi connectivity index (χ1n) is 7.49. The van der Waals surface area contributed by atoms with Crippen molar-refractivity contribution in [1.29, 1.82) is 0 Å². The van der Waals surface area contributed by atoms with Crippen LogP contribution in [0.1, 0.15) is 37.7 Å². The first kappa shape index (κ1) is 12.0. The molecule has 1 N–H and O–H groups in total. The number of hydrogen-bond acceptors (Lipinski definition) is 2. The number of anilines is 1. The van der Waals surface area contributed by atoms with Crippen molar-refractivity contribution >= 4 is 5.69 Å². The summed E-state index contributed by atoms with van der Waals surface area (Å²) < 4.78 is 0. The van der Waals surface area contributed by atoms with E-state index in [9.17, 15) is 0 Å². The third-order valence-corrected chi connectivity index (χ3v) is 4.30. The van der Waals surface area contributed by atoms with E-state index in [2.05, 4.69) is 34.5 Å². The minimum Gasteiger partial charge on any atom is -0.372 e. The summed E-state index contributed by atoms with van der Waals surface area (Å²) in [7, 11) is 0. The Hall–Kier alpha value is -1.02. The van der Waals surface area contributed by atoms with Gasteiger partial charge in [0.15, 0.2) is 0 Å². The summed E-state index contributed by atoms with van der Waals surface area (Å²) >= 11 is 0. The maximum absolute atomic E-state index is 3.63. The van der Waals surface area contributed by atoms with Crippen molar-refractivity contribution < 1.29 is 0 Å². The third kappa shape index (κ3) is 2.86. The molecule has 2 fully saturated rings. The molecule has 2 aliphatic rings. The molecule has 0 amide bonds. The summed E-state index contributed by atoms with van der Waals surface area (Å²) in [4.78, 5) is 2.50. The lowest BCUT2D eigenvalue weighted by molar-refractivity contribution is 0.399. The lowest BCUT2D eigenvalue weighted by Gasteiger charge is -2.24. The Morgan fingerprint density at radius 2 is 1.78 bits per heavy atom. The minimum atomic E-state index is 0.705. The van der Waals surface area contributed by atoms with Gasteiger partial charge in [0.25, 0.3) is 0 Å². The number of hydrogen-bond donors (Lipinski definition) is 1. The molecule has 0 aromatic heterocycles. The van der Waals surface area contributed by atoms with Gasteiger partial charge in [-0.25, -0.2) is 0 Å². The number of nitrogens with one attached hydrogen (secondary N) is 1. The lowest BCUT2D eigenvalue weighted by Crippen LogP contribution is -2.35. The molecule has 0 aliphatic carbocycles. The number of nitrogens with zero attached hydrogens (tertiary/aromatic N) is 1. The van der Waals surface area contributed by atoms with Gasteiger partial charge < -0.3 is 10.2 Å². The lowest BCUT2D eigenvalue weighted by atomic mass is 9.98. The zero-order valence-electron chi connectivity index (χ0n) is 11.2. The molecule has 2 heteroatoms. The van der Waals surface area contributed by atoms with Gasteiger partial charge in [-0.1, -0.05) is 18.6 Å².